The lowest BCUT2D eigenvalue weighted by molar-refractivity contribution is 0.0774. The van der Waals surface area contributed by atoms with Crippen molar-refractivity contribution in [3.63, 3.8) is 0 Å². The number of para-hydroxylation sites is 2. The van der Waals surface area contributed by atoms with Crippen molar-refractivity contribution in [3.05, 3.63) is 89.5 Å². The fourth-order valence-corrected chi connectivity index (χ4v) is 3.83. The number of hydrogen-bond donors (Lipinski definition) is 0. The number of aromatic nitrogens is 3. The summed E-state index contributed by atoms with van der Waals surface area (Å²) in [7, 11) is 1.79. The Balaban J connectivity index is 1.40. The highest BCUT2D eigenvalue weighted by Gasteiger charge is 2.17. The maximum absolute atomic E-state index is 12.8. The van der Waals surface area contributed by atoms with Crippen LogP contribution < -0.4 is 4.74 Å². The summed E-state index contributed by atoms with van der Waals surface area (Å²) in [6.07, 6.45) is 3.52. The van der Waals surface area contributed by atoms with Crippen LogP contribution in [0.25, 0.3) is 11.0 Å². The van der Waals surface area contributed by atoms with E-state index in [1.165, 1.54) is 11.1 Å². The van der Waals surface area contributed by atoms with E-state index in [1.807, 2.05) is 30.3 Å². The Morgan fingerprint density at radius 2 is 1.82 bits per heavy atom. The average molecular weight is 443 g/mol. The monoisotopic (exact) mass is 442 g/mol. The highest BCUT2D eigenvalue weighted by molar-refractivity contribution is 5.92. The molecule has 33 heavy (non-hydrogen) atoms. The Morgan fingerprint density at radius 1 is 1.00 bits per heavy atom. The molecule has 4 aromatic rings. The molecule has 170 valence electrons. The van der Waals surface area contributed by atoms with Gasteiger partial charge >= 0.3 is 0 Å². The molecule has 0 spiro atoms. The minimum absolute atomic E-state index is 0.115. The lowest BCUT2D eigenvalue weighted by Gasteiger charge is -2.18. The van der Waals surface area contributed by atoms with Crippen LogP contribution in [0.5, 0.6) is 5.75 Å². The van der Waals surface area contributed by atoms with Crippen LogP contribution in [0.4, 0.5) is 0 Å². The number of fused-ring (bicyclic) bond motifs is 1. The fraction of sp³-hybridized carbons (Fsp3) is 0.296. The lowest BCUT2D eigenvalue weighted by atomic mass is 10.1. The number of amides is 1. The van der Waals surface area contributed by atoms with E-state index in [0.717, 1.165) is 42.0 Å². The van der Waals surface area contributed by atoms with E-state index >= 15 is 0 Å². The zero-order valence-electron chi connectivity index (χ0n) is 19.5. The number of carbonyl (C=O) groups is 1. The first-order chi connectivity index (χ1) is 16.0. The van der Waals surface area contributed by atoms with E-state index in [1.54, 1.807) is 30.3 Å². The van der Waals surface area contributed by atoms with Crippen LogP contribution >= 0.6 is 0 Å². The summed E-state index contributed by atoms with van der Waals surface area (Å²) in [6.45, 7) is 6.11. The zero-order chi connectivity index (χ0) is 23.2. The topological polar surface area (TPSA) is 60.2 Å². The van der Waals surface area contributed by atoms with Gasteiger partial charge in [0.25, 0.3) is 5.91 Å². The Kier molecular flexibility index (Phi) is 7.03. The maximum atomic E-state index is 12.8. The van der Waals surface area contributed by atoms with Crippen LogP contribution in [-0.4, -0.2) is 39.0 Å². The molecule has 2 aromatic carbocycles. The summed E-state index contributed by atoms with van der Waals surface area (Å²) in [6, 6.07) is 19.7. The molecule has 6 nitrogen and oxygen atoms in total. The standard InChI is InChI=1S/C27H30N4O2/c1-20-13-14-22(18-21(20)2)33-17-9-8-16-31-25-12-5-4-10-23(25)29-26(31)19-30(3)27(32)24-11-6-7-15-28-24/h4-7,10-15,18H,8-9,16-17,19H2,1-3H3. The number of pyridine rings is 1. The second kappa shape index (κ2) is 10.3. The molecule has 0 aliphatic carbocycles. The van der Waals surface area contributed by atoms with Gasteiger partial charge in [0.1, 0.15) is 17.3 Å². The predicted octanol–water partition coefficient (Wildman–Crippen LogP) is 5.18. The Bertz CT molecular complexity index is 1230. The van der Waals surface area contributed by atoms with Gasteiger partial charge in [-0.05, 0) is 74.2 Å². The molecule has 0 N–H and O–H groups in total. The minimum atomic E-state index is -0.115. The molecule has 6 heteroatoms. The van der Waals surface area contributed by atoms with Crippen LogP contribution in [0.3, 0.4) is 0 Å². The molecule has 0 aliphatic heterocycles. The molecular weight excluding hydrogens is 412 g/mol. The number of carbonyl (C=O) groups excluding carboxylic acids is 1. The van der Waals surface area contributed by atoms with Crippen molar-refractivity contribution in [2.45, 2.75) is 39.8 Å². The van der Waals surface area contributed by atoms with Crippen molar-refractivity contribution in [1.29, 1.82) is 0 Å². The summed E-state index contributed by atoms with van der Waals surface area (Å²) >= 11 is 0. The van der Waals surface area contributed by atoms with E-state index in [0.29, 0.717) is 18.8 Å². The molecule has 4 rings (SSSR count). The number of benzene rings is 2. The summed E-state index contributed by atoms with van der Waals surface area (Å²) in [4.78, 5) is 23.4. The van der Waals surface area contributed by atoms with Crippen LogP contribution in [0, 0.1) is 13.8 Å². The number of rotatable bonds is 9. The molecule has 1 amide bonds. The van der Waals surface area contributed by atoms with Gasteiger partial charge in [-0.1, -0.05) is 24.3 Å². The Morgan fingerprint density at radius 3 is 2.61 bits per heavy atom. The molecule has 0 fully saturated rings. The third kappa shape index (κ3) is 5.40. The first-order valence-electron chi connectivity index (χ1n) is 11.3. The normalized spacial score (nSPS) is 11.0. The molecule has 0 atom stereocenters. The van der Waals surface area contributed by atoms with Crippen LogP contribution in [0.2, 0.25) is 0 Å². The number of nitrogens with zero attached hydrogens (tertiary/aromatic N) is 4. The molecule has 0 aliphatic rings. The van der Waals surface area contributed by atoms with Crippen LogP contribution in [-0.2, 0) is 13.1 Å². The van der Waals surface area contributed by atoms with E-state index in [4.69, 9.17) is 9.72 Å². The largest absolute Gasteiger partial charge is 0.494 e. The summed E-state index contributed by atoms with van der Waals surface area (Å²) in [5.41, 5.74) is 4.98. The number of unbranched alkanes of at least 4 members (excludes halogenated alkanes) is 1. The third-order valence-corrected chi connectivity index (χ3v) is 5.87. The summed E-state index contributed by atoms with van der Waals surface area (Å²) < 4.78 is 8.16. The first-order valence-corrected chi connectivity index (χ1v) is 11.3. The summed E-state index contributed by atoms with van der Waals surface area (Å²) in [5.74, 6) is 1.68. The second-order valence-electron chi connectivity index (χ2n) is 8.35. The van der Waals surface area contributed by atoms with Gasteiger partial charge < -0.3 is 14.2 Å². The van der Waals surface area contributed by atoms with E-state index < -0.39 is 0 Å². The molecule has 2 aromatic heterocycles. The van der Waals surface area contributed by atoms with Gasteiger partial charge in [-0.25, -0.2) is 4.98 Å². The van der Waals surface area contributed by atoms with Gasteiger partial charge in [0.05, 0.1) is 24.2 Å². The van der Waals surface area contributed by atoms with Crippen molar-refractivity contribution in [2.75, 3.05) is 13.7 Å². The van der Waals surface area contributed by atoms with Gasteiger partial charge in [-0.15, -0.1) is 0 Å². The molecule has 2 heterocycles. The smallest absolute Gasteiger partial charge is 0.272 e. The van der Waals surface area contributed by atoms with Gasteiger partial charge in [0.15, 0.2) is 0 Å². The molecular formula is C27H30N4O2. The summed E-state index contributed by atoms with van der Waals surface area (Å²) in [5, 5.41) is 0. The highest BCUT2D eigenvalue weighted by atomic mass is 16.5. The Hall–Kier alpha value is -3.67. The van der Waals surface area contributed by atoms with Crippen molar-refractivity contribution in [2.24, 2.45) is 0 Å². The van der Waals surface area contributed by atoms with E-state index in [2.05, 4.69) is 41.6 Å². The van der Waals surface area contributed by atoms with Crippen molar-refractivity contribution >= 4 is 16.9 Å². The number of imidazole rings is 1. The molecule has 0 saturated carbocycles. The average Bonchev–Trinajstić information content (AvgIpc) is 3.18. The van der Waals surface area contributed by atoms with E-state index in [-0.39, 0.29) is 5.91 Å². The molecule has 0 unspecified atom stereocenters. The zero-order valence-corrected chi connectivity index (χ0v) is 19.5. The lowest BCUT2D eigenvalue weighted by Crippen LogP contribution is -2.28. The number of ether oxygens (including phenoxy) is 1. The Labute approximate surface area is 194 Å². The number of hydrogen-bond acceptors (Lipinski definition) is 4. The van der Waals surface area contributed by atoms with Crippen LogP contribution in [0.1, 0.15) is 40.3 Å². The van der Waals surface area contributed by atoms with Gasteiger partial charge in [-0.3, -0.25) is 9.78 Å². The van der Waals surface area contributed by atoms with Crippen molar-refractivity contribution in [1.82, 2.24) is 19.4 Å². The maximum Gasteiger partial charge on any atom is 0.272 e. The van der Waals surface area contributed by atoms with E-state index in [9.17, 15) is 4.79 Å². The van der Waals surface area contributed by atoms with Gasteiger partial charge in [0.2, 0.25) is 0 Å². The fourth-order valence-electron chi connectivity index (χ4n) is 3.83. The predicted molar refractivity (Wildman–Crippen MR) is 130 cm³/mol. The third-order valence-electron chi connectivity index (χ3n) is 5.87. The van der Waals surface area contributed by atoms with Gasteiger partial charge in [-0.2, -0.15) is 0 Å². The van der Waals surface area contributed by atoms with Gasteiger partial charge in [0, 0.05) is 19.8 Å². The molecule has 0 saturated heterocycles. The molecule has 0 bridgehead atoms. The number of aryl methyl sites for hydroxylation is 3. The van der Waals surface area contributed by atoms with Crippen LogP contribution in [0.15, 0.2) is 66.9 Å². The van der Waals surface area contributed by atoms with Crippen molar-refractivity contribution < 1.29 is 9.53 Å². The second-order valence-corrected chi connectivity index (χ2v) is 8.35. The SMILES string of the molecule is Cc1ccc(OCCCCn2c(CN(C)C(=O)c3ccccn3)nc3ccccc32)cc1C. The highest BCUT2D eigenvalue weighted by Crippen LogP contribution is 2.20. The minimum Gasteiger partial charge on any atom is -0.494 e. The quantitative estimate of drug-likeness (QED) is 0.335. The van der Waals surface area contributed by atoms with Crippen molar-refractivity contribution in [3.8, 4) is 5.75 Å². The molecule has 0 radical (unpaired) electrons. The first kappa shape index (κ1) is 22.5.